The Balaban J connectivity index is 1.17. The van der Waals surface area contributed by atoms with Crippen LogP contribution < -0.4 is 16.4 Å². The van der Waals surface area contributed by atoms with E-state index in [0.29, 0.717) is 41.8 Å². The summed E-state index contributed by atoms with van der Waals surface area (Å²) in [6, 6.07) is 8.57. The second-order valence-electron chi connectivity index (χ2n) is 10.2. The number of hydrogen-bond acceptors (Lipinski definition) is 7. The fraction of sp³-hybridized carbons (Fsp3) is 0.480. The standard InChI is InChI=1S/C25H27ClN6S/c26-19-1-2-21-20(5-19)18(12-33-21)11-30-24-29-10-17(9-27)23(32-24)31-13-25-6-14-3-15(7-25)22(28)16(4-14)8-25/h1-2,5,10,12,14-16,22H,3-4,6-8,11,13,28H2,(H2,29,30,31,32)/t14?,15-,16+,22-,25-. The van der Waals surface area contributed by atoms with Gasteiger partial charge in [0.1, 0.15) is 17.5 Å². The van der Waals surface area contributed by atoms with Crippen molar-refractivity contribution in [2.45, 2.75) is 44.7 Å². The monoisotopic (exact) mass is 478 g/mol. The lowest BCUT2D eigenvalue weighted by molar-refractivity contribution is -0.0591. The van der Waals surface area contributed by atoms with Crippen LogP contribution in [0, 0.1) is 34.5 Å². The number of nitrogens with one attached hydrogen (secondary N) is 2. The molecule has 4 aliphatic carbocycles. The van der Waals surface area contributed by atoms with Crippen molar-refractivity contribution in [1.29, 1.82) is 5.26 Å². The third kappa shape index (κ3) is 3.84. The van der Waals surface area contributed by atoms with Crippen LogP contribution in [-0.4, -0.2) is 22.6 Å². The lowest BCUT2D eigenvalue weighted by Gasteiger charge is -2.59. The maximum Gasteiger partial charge on any atom is 0.224 e. The Hall–Kier alpha value is -2.40. The minimum Gasteiger partial charge on any atom is -0.368 e. The quantitative estimate of drug-likeness (QED) is 0.439. The molecular weight excluding hydrogens is 452 g/mol. The number of hydrogen-bond donors (Lipinski definition) is 3. The van der Waals surface area contributed by atoms with E-state index < -0.39 is 0 Å². The molecule has 4 bridgehead atoms. The van der Waals surface area contributed by atoms with E-state index in [2.05, 4.69) is 32.1 Å². The van der Waals surface area contributed by atoms with Crippen LogP contribution in [0.3, 0.4) is 0 Å². The number of benzene rings is 1. The van der Waals surface area contributed by atoms with E-state index in [9.17, 15) is 5.26 Å². The van der Waals surface area contributed by atoms with Gasteiger partial charge in [-0.15, -0.1) is 11.3 Å². The third-order valence-corrected chi connectivity index (χ3v) is 9.31. The van der Waals surface area contributed by atoms with Gasteiger partial charge in [0.2, 0.25) is 5.95 Å². The molecule has 4 aliphatic rings. The molecule has 0 radical (unpaired) electrons. The Morgan fingerprint density at radius 2 is 2.03 bits per heavy atom. The zero-order valence-electron chi connectivity index (χ0n) is 18.4. The lowest BCUT2D eigenvalue weighted by Crippen LogP contribution is -2.58. The first-order valence-electron chi connectivity index (χ1n) is 11.7. The average Bonchev–Trinajstić information content (AvgIpc) is 3.21. The van der Waals surface area contributed by atoms with Crippen molar-refractivity contribution in [1.82, 2.24) is 9.97 Å². The summed E-state index contributed by atoms with van der Waals surface area (Å²) in [6.07, 6.45) is 7.86. The smallest absolute Gasteiger partial charge is 0.224 e. The highest BCUT2D eigenvalue weighted by atomic mass is 35.5. The van der Waals surface area contributed by atoms with Crippen molar-refractivity contribution in [3.8, 4) is 6.07 Å². The van der Waals surface area contributed by atoms with Gasteiger partial charge in [0.25, 0.3) is 0 Å². The van der Waals surface area contributed by atoms with Crippen molar-refractivity contribution in [2.24, 2.45) is 28.9 Å². The number of anilines is 2. The Morgan fingerprint density at radius 3 is 2.82 bits per heavy atom. The Labute approximate surface area is 202 Å². The summed E-state index contributed by atoms with van der Waals surface area (Å²) < 4.78 is 1.20. The van der Waals surface area contributed by atoms with Gasteiger partial charge in [-0.1, -0.05) is 11.6 Å². The van der Waals surface area contributed by atoms with E-state index in [1.165, 1.54) is 36.8 Å². The third-order valence-electron chi connectivity index (χ3n) is 8.07. The molecule has 1 unspecified atom stereocenters. The van der Waals surface area contributed by atoms with Gasteiger partial charge < -0.3 is 16.4 Å². The predicted molar refractivity (Wildman–Crippen MR) is 133 cm³/mol. The number of aromatic nitrogens is 2. The number of nitrogens with zero attached hydrogens (tertiary/aromatic N) is 3. The van der Waals surface area contributed by atoms with Crippen LogP contribution in [0.2, 0.25) is 5.02 Å². The van der Waals surface area contributed by atoms with Crippen LogP contribution in [0.1, 0.15) is 43.2 Å². The fourth-order valence-corrected chi connectivity index (χ4v) is 7.88. The minimum atomic E-state index is 0.284. The van der Waals surface area contributed by atoms with Gasteiger partial charge in [-0.05, 0) is 89.8 Å². The van der Waals surface area contributed by atoms with Gasteiger partial charge in [0.15, 0.2) is 0 Å². The van der Waals surface area contributed by atoms with Crippen molar-refractivity contribution in [3.05, 3.63) is 45.9 Å². The first-order valence-corrected chi connectivity index (χ1v) is 12.9. The van der Waals surface area contributed by atoms with Gasteiger partial charge in [-0.3, -0.25) is 0 Å². The van der Waals surface area contributed by atoms with Gasteiger partial charge in [0.05, 0.1) is 6.20 Å². The number of rotatable bonds is 6. The van der Waals surface area contributed by atoms with Crippen LogP contribution in [0.15, 0.2) is 29.8 Å². The van der Waals surface area contributed by atoms with E-state index in [0.717, 1.165) is 28.4 Å². The topological polar surface area (TPSA) is 99.6 Å². The largest absolute Gasteiger partial charge is 0.368 e. The Morgan fingerprint density at radius 1 is 1.21 bits per heavy atom. The Kier molecular flexibility index (Phi) is 5.21. The molecule has 0 spiro atoms. The molecule has 2 heterocycles. The number of halogens is 1. The first-order chi connectivity index (χ1) is 16.0. The highest BCUT2D eigenvalue weighted by molar-refractivity contribution is 7.17. The molecule has 7 rings (SSSR count). The number of nitriles is 1. The van der Waals surface area contributed by atoms with Crippen LogP contribution >= 0.6 is 22.9 Å². The molecule has 0 amide bonds. The molecule has 1 aromatic carbocycles. The van der Waals surface area contributed by atoms with Crippen molar-refractivity contribution in [3.63, 3.8) is 0 Å². The van der Waals surface area contributed by atoms with E-state index in [1.54, 1.807) is 17.5 Å². The molecule has 4 saturated carbocycles. The molecule has 4 N–H and O–H groups in total. The first kappa shape index (κ1) is 21.2. The minimum absolute atomic E-state index is 0.284. The number of nitrogens with two attached hydrogens (primary N) is 1. The lowest BCUT2D eigenvalue weighted by atomic mass is 9.48. The van der Waals surface area contributed by atoms with E-state index in [4.69, 9.17) is 17.3 Å². The van der Waals surface area contributed by atoms with Gasteiger partial charge in [-0.25, -0.2) is 4.98 Å². The highest BCUT2D eigenvalue weighted by Crippen LogP contribution is 2.59. The SMILES string of the molecule is N#Cc1cnc(NCc2csc3ccc(Cl)cc23)nc1NC[C@]12CC3C[C@H](C1)[C@@H](N)[C@@H](C3)C2. The van der Waals surface area contributed by atoms with Crippen LogP contribution in [0.5, 0.6) is 0 Å². The molecule has 3 aromatic rings. The fourth-order valence-electron chi connectivity index (χ4n) is 6.77. The average molecular weight is 479 g/mol. The van der Waals surface area contributed by atoms with Crippen LogP contribution in [0.4, 0.5) is 11.8 Å². The summed E-state index contributed by atoms with van der Waals surface area (Å²) >= 11 is 7.89. The number of fused-ring (bicyclic) bond motifs is 1. The molecule has 33 heavy (non-hydrogen) atoms. The molecule has 0 aliphatic heterocycles. The summed E-state index contributed by atoms with van der Waals surface area (Å²) in [5, 5.41) is 20.5. The zero-order valence-corrected chi connectivity index (χ0v) is 19.9. The van der Waals surface area contributed by atoms with Crippen LogP contribution in [0.25, 0.3) is 10.1 Å². The van der Waals surface area contributed by atoms with Crippen molar-refractivity contribution in [2.75, 3.05) is 17.2 Å². The summed E-state index contributed by atoms with van der Waals surface area (Å²) in [5.41, 5.74) is 8.44. The second-order valence-corrected chi connectivity index (χ2v) is 11.6. The molecule has 4 fully saturated rings. The molecule has 6 nitrogen and oxygen atoms in total. The second kappa shape index (κ2) is 8.12. The summed E-state index contributed by atoms with van der Waals surface area (Å²) in [4.78, 5) is 9.04. The van der Waals surface area contributed by atoms with Gasteiger partial charge in [-0.2, -0.15) is 10.2 Å². The van der Waals surface area contributed by atoms with E-state index >= 15 is 0 Å². The molecule has 2 aromatic heterocycles. The van der Waals surface area contributed by atoms with E-state index in [-0.39, 0.29) is 5.41 Å². The summed E-state index contributed by atoms with van der Waals surface area (Å²) in [6.45, 7) is 1.45. The molecule has 170 valence electrons. The molecule has 5 atom stereocenters. The van der Waals surface area contributed by atoms with Gasteiger partial charge >= 0.3 is 0 Å². The summed E-state index contributed by atoms with van der Waals surface area (Å²) in [7, 11) is 0. The normalized spacial score (nSPS) is 29.8. The van der Waals surface area contributed by atoms with Crippen LogP contribution in [-0.2, 0) is 6.54 Å². The van der Waals surface area contributed by atoms with Crippen molar-refractivity contribution < 1.29 is 0 Å². The predicted octanol–water partition coefficient (Wildman–Crippen LogP) is 5.39. The molecule has 0 saturated heterocycles. The maximum atomic E-state index is 9.61. The van der Waals surface area contributed by atoms with E-state index in [1.807, 2.05) is 18.2 Å². The van der Waals surface area contributed by atoms with Gasteiger partial charge in [0, 0.05) is 28.9 Å². The zero-order chi connectivity index (χ0) is 22.6. The molecular formula is C25H27ClN6S. The van der Waals surface area contributed by atoms with Crippen molar-refractivity contribution >= 4 is 44.8 Å². The maximum absolute atomic E-state index is 9.61. The molecule has 8 heteroatoms. The number of thiophene rings is 1. The highest BCUT2D eigenvalue weighted by Gasteiger charge is 2.54. The Bertz CT molecular complexity index is 1230. The summed E-state index contributed by atoms with van der Waals surface area (Å²) in [5.74, 6) is 3.27.